The van der Waals surface area contributed by atoms with Crippen LogP contribution in [0.25, 0.3) is 0 Å². The minimum atomic E-state index is -0.118. The normalized spacial score (nSPS) is 12.1. The molecule has 0 fully saturated rings. The molecule has 1 rings (SSSR count). The summed E-state index contributed by atoms with van der Waals surface area (Å²) in [6, 6.07) is 9.26. The van der Waals surface area contributed by atoms with Crippen LogP contribution in [0, 0.1) is 5.92 Å². The highest BCUT2D eigenvalue weighted by molar-refractivity contribution is 5.74. The zero-order chi connectivity index (χ0) is 12.5. The van der Waals surface area contributed by atoms with E-state index in [1.807, 2.05) is 37.3 Å². The third-order valence-corrected chi connectivity index (χ3v) is 2.85. The molecule has 1 aromatic carbocycles. The van der Waals surface area contributed by atoms with Crippen molar-refractivity contribution in [2.24, 2.45) is 5.92 Å². The van der Waals surface area contributed by atoms with Crippen LogP contribution in [0.1, 0.15) is 46.0 Å². The van der Waals surface area contributed by atoms with Gasteiger partial charge in [-0.2, -0.15) is 0 Å². The second-order valence-corrected chi connectivity index (χ2v) is 4.48. The maximum Gasteiger partial charge on any atom is 0.314 e. The van der Waals surface area contributed by atoms with Gasteiger partial charge in [0.1, 0.15) is 5.75 Å². The summed E-state index contributed by atoms with van der Waals surface area (Å²) in [4.78, 5) is 11.8. The summed E-state index contributed by atoms with van der Waals surface area (Å²) in [5, 5.41) is 0. The molecule has 0 amide bonds. The number of hydrogen-bond donors (Lipinski definition) is 0. The molecule has 0 aliphatic heterocycles. The summed E-state index contributed by atoms with van der Waals surface area (Å²) in [5.41, 5.74) is 0. The maximum absolute atomic E-state index is 11.8. The molecule has 0 aromatic heterocycles. The summed E-state index contributed by atoms with van der Waals surface area (Å²) in [7, 11) is 0. The van der Waals surface area contributed by atoms with Crippen molar-refractivity contribution >= 4 is 5.97 Å². The van der Waals surface area contributed by atoms with E-state index in [2.05, 4.69) is 6.92 Å². The molecular formula is C15H22O2. The van der Waals surface area contributed by atoms with Crippen molar-refractivity contribution in [3.8, 4) is 5.75 Å². The third kappa shape index (κ3) is 5.53. The van der Waals surface area contributed by atoms with Gasteiger partial charge in [0.2, 0.25) is 0 Å². The van der Waals surface area contributed by atoms with Crippen LogP contribution in [0.3, 0.4) is 0 Å². The van der Waals surface area contributed by atoms with Crippen LogP contribution >= 0.6 is 0 Å². The van der Waals surface area contributed by atoms with Crippen LogP contribution in [0.5, 0.6) is 5.75 Å². The molecular weight excluding hydrogens is 212 g/mol. The van der Waals surface area contributed by atoms with Crippen molar-refractivity contribution in [3.63, 3.8) is 0 Å². The molecule has 1 unspecified atom stereocenters. The first-order chi connectivity index (χ1) is 8.24. The maximum atomic E-state index is 11.8. The summed E-state index contributed by atoms with van der Waals surface area (Å²) in [6.07, 6.45) is 5.72. The van der Waals surface area contributed by atoms with Gasteiger partial charge in [0.05, 0.1) is 5.92 Å². The Labute approximate surface area is 104 Å². The number of carbonyl (C=O) groups excluding carboxylic acids is 1. The number of carbonyl (C=O) groups is 1. The fourth-order valence-electron chi connectivity index (χ4n) is 1.70. The lowest BCUT2D eigenvalue weighted by molar-refractivity contribution is -0.138. The molecule has 0 saturated carbocycles. The van der Waals surface area contributed by atoms with Crippen LogP contribution in [0.4, 0.5) is 0 Å². The first-order valence-corrected chi connectivity index (χ1v) is 6.50. The molecule has 0 aliphatic carbocycles. The monoisotopic (exact) mass is 234 g/mol. The predicted octanol–water partition coefficient (Wildman–Crippen LogP) is 4.20. The largest absolute Gasteiger partial charge is 0.426 e. The van der Waals surface area contributed by atoms with Gasteiger partial charge in [-0.05, 0) is 18.6 Å². The second-order valence-electron chi connectivity index (χ2n) is 4.48. The Morgan fingerprint density at radius 3 is 2.53 bits per heavy atom. The van der Waals surface area contributed by atoms with E-state index < -0.39 is 0 Å². The number of unbranched alkanes of at least 4 members (excludes halogenated alkanes) is 3. The van der Waals surface area contributed by atoms with Crippen LogP contribution in [-0.4, -0.2) is 5.97 Å². The molecule has 1 atom stereocenters. The topological polar surface area (TPSA) is 26.3 Å². The quantitative estimate of drug-likeness (QED) is 0.401. The Kier molecular flexibility index (Phi) is 6.38. The van der Waals surface area contributed by atoms with Gasteiger partial charge < -0.3 is 4.74 Å². The minimum Gasteiger partial charge on any atom is -0.426 e. The van der Waals surface area contributed by atoms with Crippen molar-refractivity contribution < 1.29 is 9.53 Å². The molecule has 0 heterocycles. The van der Waals surface area contributed by atoms with E-state index in [0.717, 1.165) is 12.8 Å². The van der Waals surface area contributed by atoms with E-state index >= 15 is 0 Å². The van der Waals surface area contributed by atoms with E-state index in [0.29, 0.717) is 5.75 Å². The van der Waals surface area contributed by atoms with Gasteiger partial charge >= 0.3 is 5.97 Å². The van der Waals surface area contributed by atoms with Crippen molar-refractivity contribution in [3.05, 3.63) is 30.3 Å². The third-order valence-electron chi connectivity index (χ3n) is 2.85. The summed E-state index contributed by atoms with van der Waals surface area (Å²) < 4.78 is 5.29. The Morgan fingerprint density at radius 2 is 1.88 bits per heavy atom. The Morgan fingerprint density at radius 1 is 1.18 bits per heavy atom. The lowest BCUT2D eigenvalue weighted by Gasteiger charge is -2.10. The van der Waals surface area contributed by atoms with Crippen LogP contribution in [0.2, 0.25) is 0 Å². The first kappa shape index (κ1) is 13.8. The molecule has 0 saturated heterocycles. The summed E-state index contributed by atoms with van der Waals surface area (Å²) in [6.45, 7) is 4.13. The highest BCUT2D eigenvalue weighted by atomic mass is 16.5. The Hall–Kier alpha value is -1.31. The summed E-state index contributed by atoms with van der Waals surface area (Å²) >= 11 is 0. The van der Waals surface area contributed by atoms with Crippen molar-refractivity contribution in [1.29, 1.82) is 0 Å². The van der Waals surface area contributed by atoms with E-state index in [1.54, 1.807) is 0 Å². The predicted molar refractivity (Wildman–Crippen MR) is 70.0 cm³/mol. The first-order valence-electron chi connectivity index (χ1n) is 6.50. The van der Waals surface area contributed by atoms with Gasteiger partial charge in [-0.15, -0.1) is 0 Å². The molecule has 1 aromatic rings. The number of hydrogen-bond acceptors (Lipinski definition) is 2. The van der Waals surface area contributed by atoms with Gasteiger partial charge in [0.15, 0.2) is 0 Å². The zero-order valence-corrected chi connectivity index (χ0v) is 10.8. The molecule has 0 spiro atoms. The molecule has 2 heteroatoms. The molecule has 17 heavy (non-hydrogen) atoms. The number of ether oxygens (including phenoxy) is 1. The number of para-hydroxylation sites is 1. The molecule has 94 valence electrons. The SMILES string of the molecule is CCCCCCC(C)C(=O)Oc1ccccc1. The summed E-state index contributed by atoms with van der Waals surface area (Å²) in [5.74, 6) is 0.512. The van der Waals surface area contributed by atoms with Gasteiger partial charge in [-0.25, -0.2) is 0 Å². The Balaban J connectivity index is 2.27. The minimum absolute atomic E-state index is 0.00735. The fraction of sp³-hybridized carbons (Fsp3) is 0.533. The molecule has 0 radical (unpaired) electrons. The van der Waals surface area contributed by atoms with Crippen molar-refractivity contribution in [1.82, 2.24) is 0 Å². The molecule has 2 nitrogen and oxygen atoms in total. The average Bonchev–Trinajstić information content (AvgIpc) is 2.35. The number of rotatable bonds is 7. The highest BCUT2D eigenvalue weighted by Gasteiger charge is 2.14. The second kappa shape index (κ2) is 7.88. The molecule has 0 N–H and O–H groups in total. The smallest absolute Gasteiger partial charge is 0.314 e. The van der Waals surface area contributed by atoms with E-state index in [4.69, 9.17) is 4.74 Å². The van der Waals surface area contributed by atoms with Crippen LogP contribution in [0.15, 0.2) is 30.3 Å². The standard InChI is InChI=1S/C15H22O2/c1-3-4-5-7-10-13(2)15(16)17-14-11-8-6-9-12-14/h6,8-9,11-13H,3-5,7,10H2,1-2H3. The van der Waals surface area contributed by atoms with E-state index in [1.165, 1.54) is 19.3 Å². The van der Waals surface area contributed by atoms with Gasteiger partial charge in [0, 0.05) is 0 Å². The number of esters is 1. The van der Waals surface area contributed by atoms with Gasteiger partial charge in [0.25, 0.3) is 0 Å². The lowest BCUT2D eigenvalue weighted by Crippen LogP contribution is -2.17. The van der Waals surface area contributed by atoms with Crippen LogP contribution in [-0.2, 0) is 4.79 Å². The molecule has 0 bridgehead atoms. The molecule has 0 aliphatic rings. The lowest BCUT2D eigenvalue weighted by atomic mass is 10.0. The van der Waals surface area contributed by atoms with Crippen LogP contribution < -0.4 is 4.74 Å². The zero-order valence-electron chi connectivity index (χ0n) is 10.8. The van der Waals surface area contributed by atoms with Crippen molar-refractivity contribution in [2.75, 3.05) is 0 Å². The van der Waals surface area contributed by atoms with Crippen molar-refractivity contribution in [2.45, 2.75) is 46.0 Å². The van der Waals surface area contributed by atoms with Gasteiger partial charge in [-0.1, -0.05) is 57.7 Å². The van der Waals surface area contributed by atoms with Gasteiger partial charge in [-0.3, -0.25) is 4.79 Å². The highest BCUT2D eigenvalue weighted by Crippen LogP contribution is 2.15. The average molecular weight is 234 g/mol. The van der Waals surface area contributed by atoms with E-state index in [-0.39, 0.29) is 11.9 Å². The number of benzene rings is 1. The van der Waals surface area contributed by atoms with E-state index in [9.17, 15) is 4.79 Å². The Bertz CT molecular complexity index is 319. The fourth-order valence-corrected chi connectivity index (χ4v) is 1.70.